The van der Waals surface area contributed by atoms with Gasteiger partial charge in [-0.05, 0) is 41.3 Å². The number of hydrogen-bond donors (Lipinski definition) is 8. The van der Waals surface area contributed by atoms with Gasteiger partial charge in [0.05, 0.1) is 12.5 Å². The van der Waals surface area contributed by atoms with Gasteiger partial charge in [0, 0.05) is 29.9 Å². The zero-order valence-corrected chi connectivity index (χ0v) is 24.7. The molecule has 13 nitrogen and oxygen atoms in total. The number of amides is 3. The lowest BCUT2D eigenvalue weighted by Gasteiger charge is -2.25. The first-order valence-corrected chi connectivity index (χ1v) is 14.5. The van der Waals surface area contributed by atoms with E-state index in [-0.39, 0.29) is 25.0 Å². The number of carbonyl (C=O) groups excluding carboxylic acids is 3. The fraction of sp³-hybridized carbons (Fsp3) is 0.242. The molecule has 4 unspecified atom stereocenters. The number of aromatic nitrogens is 1. The average Bonchev–Trinajstić information content (AvgIpc) is 3.43. The highest BCUT2D eigenvalue weighted by atomic mass is 16.4. The highest BCUT2D eigenvalue weighted by Crippen LogP contribution is 2.20. The van der Waals surface area contributed by atoms with E-state index in [0.717, 1.165) is 16.5 Å². The van der Waals surface area contributed by atoms with Gasteiger partial charge < -0.3 is 42.0 Å². The number of carbonyl (C=O) groups is 5. The van der Waals surface area contributed by atoms with Crippen molar-refractivity contribution in [1.82, 2.24) is 20.9 Å². The van der Waals surface area contributed by atoms with Gasteiger partial charge in [0.1, 0.15) is 23.9 Å². The van der Waals surface area contributed by atoms with Crippen molar-refractivity contribution in [3.63, 3.8) is 0 Å². The van der Waals surface area contributed by atoms with Crippen LogP contribution in [0.25, 0.3) is 10.9 Å². The van der Waals surface area contributed by atoms with Crippen LogP contribution in [0.4, 0.5) is 0 Å². The quantitative estimate of drug-likeness (QED) is 0.0946. The van der Waals surface area contributed by atoms with Crippen LogP contribution in [-0.4, -0.2) is 74.1 Å². The monoisotopic (exact) mass is 629 g/mol. The molecule has 0 fully saturated rings. The molecule has 0 aliphatic rings. The fourth-order valence-electron chi connectivity index (χ4n) is 4.97. The molecule has 13 heteroatoms. The summed E-state index contributed by atoms with van der Waals surface area (Å²) < 4.78 is 0. The summed E-state index contributed by atoms with van der Waals surface area (Å²) in [7, 11) is 0. The number of rotatable bonds is 15. The second kappa shape index (κ2) is 15.3. The number of hydrogen-bond acceptors (Lipinski definition) is 7. The summed E-state index contributed by atoms with van der Waals surface area (Å²) >= 11 is 0. The Bertz CT molecular complexity index is 1690. The van der Waals surface area contributed by atoms with Crippen LogP contribution in [0.3, 0.4) is 0 Å². The Morgan fingerprint density at radius 3 is 1.89 bits per heavy atom. The van der Waals surface area contributed by atoms with Gasteiger partial charge in [0.2, 0.25) is 17.7 Å². The Kier molecular flexibility index (Phi) is 11.1. The van der Waals surface area contributed by atoms with Gasteiger partial charge in [0.15, 0.2) is 0 Å². The standard InChI is InChI=1S/C33H35N5O8/c34-24(14-19-6-2-1-3-7-19)30(42)36-26(15-20-10-12-22(39)13-11-20)31(43)37-27(32(44)38-28(33(45)46)17-29(40)41)16-21-18-35-25-9-5-4-8-23(21)25/h1-13,18,24,26-28,35,39H,14-17,34H2,(H,36,42)(H,37,43)(H,38,44)(H,40,41)(H,45,46). The topological polar surface area (TPSA) is 224 Å². The van der Waals surface area contributed by atoms with Crippen LogP contribution in [0.5, 0.6) is 5.75 Å². The van der Waals surface area contributed by atoms with Crippen molar-refractivity contribution in [3.8, 4) is 5.75 Å². The Labute approximate surface area is 263 Å². The molecule has 9 N–H and O–H groups in total. The van der Waals surface area contributed by atoms with Crippen molar-refractivity contribution in [2.45, 2.75) is 49.9 Å². The molecule has 4 atom stereocenters. The number of nitrogens with two attached hydrogens (primary N) is 1. The van der Waals surface area contributed by atoms with E-state index >= 15 is 0 Å². The number of carboxylic acids is 2. The maximum atomic E-state index is 13.8. The molecule has 0 saturated carbocycles. The van der Waals surface area contributed by atoms with Gasteiger partial charge in [-0.15, -0.1) is 0 Å². The van der Waals surface area contributed by atoms with E-state index in [1.165, 1.54) is 12.1 Å². The smallest absolute Gasteiger partial charge is 0.326 e. The van der Waals surface area contributed by atoms with Crippen LogP contribution < -0.4 is 21.7 Å². The lowest BCUT2D eigenvalue weighted by atomic mass is 10.0. The molecule has 3 amide bonds. The number of carboxylic acid groups (broad SMARTS) is 2. The van der Waals surface area contributed by atoms with E-state index in [1.54, 1.807) is 24.4 Å². The normalized spacial score (nSPS) is 13.6. The number of H-pyrrole nitrogens is 1. The van der Waals surface area contributed by atoms with Gasteiger partial charge in [0.25, 0.3) is 0 Å². The highest BCUT2D eigenvalue weighted by Gasteiger charge is 2.32. The van der Waals surface area contributed by atoms with Crippen LogP contribution in [-0.2, 0) is 43.2 Å². The average molecular weight is 630 g/mol. The second-order valence-corrected chi connectivity index (χ2v) is 10.9. The van der Waals surface area contributed by atoms with E-state index in [9.17, 15) is 34.2 Å². The van der Waals surface area contributed by atoms with Crippen molar-refractivity contribution < 1.29 is 39.3 Å². The lowest BCUT2D eigenvalue weighted by molar-refractivity contribution is -0.147. The molecule has 1 aromatic heterocycles. The maximum Gasteiger partial charge on any atom is 0.326 e. The molecule has 0 radical (unpaired) electrons. The molecule has 0 saturated heterocycles. The molecule has 0 bridgehead atoms. The zero-order valence-electron chi connectivity index (χ0n) is 24.7. The molecule has 4 rings (SSSR count). The summed E-state index contributed by atoms with van der Waals surface area (Å²) in [5.74, 6) is -5.30. The number of aromatic hydroxyl groups is 1. The minimum Gasteiger partial charge on any atom is -0.508 e. The van der Waals surface area contributed by atoms with Crippen molar-refractivity contribution in [2.75, 3.05) is 0 Å². The Hall–Kier alpha value is -5.69. The molecule has 1 heterocycles. The van der Waals surface area contributed by atoms with Crippen LogP contribution in [0.1, 0.15) is 23.1 Å². The first-order valence-electron chi connectivity index (χ1n) is 14.5. The predicted octanol–water partition coefficient (Wildman–Crippen LogP) is 1.24. The van der Waals surface area contributed by atoms with Gasteiger partial charge in [-0.25, -0.2) is 4.79 Å². The number of benzene rings is 3. The van der Waals surface area contributed by atoms with Crippen molar-refractivity contribution >= 4 is 40.6 Å². The number of phenolic OH excluding ortho intramolecular Hbond substituents is 1. The molecule has 0 aliphatic heterocycles. The van der Waals surface area contributed by atoms with Crippen molar-refractivity contribution in [3.05, 3.63) is 102 Å². The SMILES string of the molecule is NC(Cc1ccccc1)C(=O)NC(Cc1ccc(O)cc1)C(=O)NC(Cc1c[nH]c2ccccc12)C(=O)NC(CC(=O)O)C(=O)O. The van der Waals surface area contributed by atoms with E-state index in [1.807, 2.05) is 48.5 Å². The summed E-state index contributed by atoms with van der Waals surface area (Å²) in [5, 5.41) is 36.7. The number of aromatic amines is 1. The fourth-order valence-corrected chi connectivity index (χ4v) is 4.97. The van der Waals surface area contributed by atoms with Gasteiger partial charge in [-0.1, -0.05) is 60.7 Å². The van der Waals surface area contributed by atoms with Gasteiger partial charge in [-0.2, -0.15) is 0 Å². The predicted molar refractivity (Wildman–Crippen MR) is 168 cm³/mol. The van der Waals surface area contributed by atoms with Crippen molar-refractivity contribution in [1.29, 1.82) is 0 Å². The van der Waals surface area contributed by atoms with Crippen LogP contribution in [0, 0.1) is 0 Å². The second-order valence-electron chi connectivity index (χ2n) is 10.9. The van der Waals surface area contributed by atoms with Gasteiger partial charge >= 0.3 is 11.9 Å². The number of para-hydroxylation sites is 1. The van der Waals surface area contributed by atoms with Crippen LogP contribution in [0.2, 0.25) is 0 Å². The third-order valence-corrected chi connectivity index (χ3v) is 7.37. The molecule has 4 aromatic rings. The molecule has 240 valence electrons. The zero-order chi connectivity index (χ0) is 33.2. The molecular weight excluding hydrogens is 594 g/mol. The first kappa shape index (κ1) is 33.2. The molecule has 3 aromatic carbocycles. The van der Waals surface area contributed by atoms with Crippen LogP contribution in [0.15, 0.2) is 85.1 Å². The number of fused-ring (bicyclic) bond motifs is 1. The van der Waals surface area contributed by atoms with E-state index in [0.29, 0.717) is 11.1 Å². The van der Waals surface area contributed by atoms with E-state index in [2.05, 4.69) is 20.9 Å². The van der Waals surface area contributed by atoms with Crippen LogP contribution >= 0.6 is 0 Å². The molecule has 0 spiro atoms. The molecular formula is C33H35N5O8. The lowest BCUT2D eigenvalue weighted by Crippen LogP contribution is -2.58. The largest absolute Gasteiger partial charge is 0.508 e. The number of phenols is 1. The first-order chi connectivity index (χ1) is 22.0. The number of aliphatic carboxylic acids is 2. The Balaban J connectivity index is 1.60. The Morgan fingerprint density at radius 1 is 0.674 bits per heavy atom. The summed E-state index contributed by atoms with van der Waals surface area (Å²) in [4.78, 5) is 66.5. The maximum absolute atomic E-state index is 13.8. The molecule has 46 heavy (non-hydrogen) atoms. The molecule has 0 aliphatic carbocycles. The minimum absolute atomic E-state index is 0.00322. The Morgan fingerprint density at radius 2 is 1.24 bits per heavy atom. The summed E-state index contributed by atoms with van der Waals surface area (Å²) in [6.07, 6.45) is 0.851. The van der Waals surface area contributed by atoms with Gasteiger partial charge in [-0.3, -0.25) is 19.2 Å². The third-order valence-electron chi connectivity index (χ3n) is 7.37. The van der Waals surface area contributed by atoms with Crippen molar-refractivity contribution in [2.24, 2.45) is 5.73 Å². The summed E-state index contributed by atoms with van der Waals surface area (Å²) in [6.45, 7) is 0. The summed E-state index contributed by atoms with van der Waals surface area (Å²) in [5.41, 5.74) is 8.97. The van der Waals surface area contributed by atoms with E-state index < -0.39 is 60.2 Å². The third kappa shape index (κ3) is 9.16. The number of nitrogens with one attached hydrogen (secondary N) is 4. The highest BCUT2D eigenvalue weighted by molar-refractivity contribution is 5.95. The summed E-state index contributed by atoms with van der Waals surface area (Å²) in [6, 6.07) is 17.0. The minimum atomic E-state index is -1.75. The van der Waals surface area contributed by atoms with E-state index in [4.69, 9.17) is 10.8 Å².